The molecule has 0 saturated carbocycles. The number of ether oxygens (including phenoxy) is 3. The van der Waals surface area contributed by atoms with E-state index in [0.29, 0.717) is 11.3 Å². The highest BCUT2D eigenvalue weighted by Crippen LogP contribution is 2.45. The Morgan fingerprint density at radius 2 is 2.20 bits per heavy atom. The van der Waals surface area contributed by atoms with Crippen molar-refractivity contribution in [3.63, 3.8) is 0 Å². The van der Waals surface area contributed by atoms with E-state index in [0.717, 1.165) is 36.0 Å². The summed E-state index contributed by atoms with van der Waals surface area (Å²) in [5.74, 6) is 0.820. The van der Waals surface area contributed by atoms with Gasteiger partial charge in [0, 0.05) is 5.92 Å². The molecule has 5 heteroatoms. The number of hydrogen-bond acceptors (Lipinski definition) is 5. The normalized spacial score (nSPS) is 19.9. The van der Waals surface area contributed by atoms with Crippen molar-refractivity contribution < 1.29 is 24.1 Å². The average Bonchev–Trinajstić information content (AvgIpc) is 3.04. The van der Waals surface area contributed by atoms with E-state index in [2.05, 4.69) is 0 Å². The number of benzene rings is 1. The van der Waals surface area contributed by atoms with Gasteiger partial charge in [0.1, 0.15) is 0 Å². The number of aryl methyl sites for hydroxylation is 1. The van der Waals surface area contributed by atoms with Gasteiger partial charge in [0.2, 0.25) is 6.79 Å². The van der Waals surface area contributed by atoms with Crippen LogP contribution in [0.2, 0.25) is 0 Å². The van der Waals surface area contributed by atoms with E-state index in [9.17, 15) is 9.90 Å². The van der Waals surface area contributed by atoms with Gasteiger partial charge >= 0.3 is 5.97 Å². The van der Waals surface area contributed by atoms with Crippen molar-refractivity contribution in [2.45, 2.75) is 25.7 Å². The van der Waals surface area contributed by atoms with Crippen LogP contribution in [-0.2, 0) is 16.0 Å². The van der Waals surface area contributed by atoms with Crippen molar-refractivity contribution in [1.29, 1.82) is 0 Å². The van der Waals surface area contributed by atoms with Gasteiger partial charge < -0.3 is 19.3 Å². The topological polar surface area (TPSA) is 65.0 Å². The van der Waals surface area contributed by atoms with Gasteiger partial charge in [-0.2, -0.15) is 0 Å². The fourth-order valence-corrected chi connectivity index (χ4v) is 2.82. The molecule has 1 aromatic rings. The third-order valence-electron chi connectivity index (χ3n) is 3.74. The van der Waals surface area contributed by atoms with E-state index in [-0.39, 0.29) is 19.3 Å². The van der Waals surface area contributed by atoms with E-state index in [1.165, 1.54) is 0 Å². The standard InChI is InChI=1S/C15H16O5/c1-2-18-15(17)12(7-16)10-4-3-9-5-13-14(6-11(9)10)20-8-19-13/h5-7,10,16H,2-4,8H2,1H3/b12-7+. The molecule has 0 amide bonds. The molecule has 1 atom stereocenters. The van der Waals surface area contributed by atoms with E-state index in [1.807, 2.05) is 12.1 Å². The molecule has 3 rings (SSSR count). The summed E-state index contributed by atoms with van der Waals surface area (Å²) >= 11 is 0. The predicted molar refractivity (Wildman–Crippen MR) is 71.0 cm³/mol. The third kappa shape index (κ3) is 1.99. The van der Waals surface area contributed by atoms with Crippen LogP contribution in [0, 0.1) is 0 Å². The quantitative estimate of drug-likeness (QED) is 0.522. The zero-order valence-corrected chi connectivity index (χ0v) is 11.2. The highest BCUT2D eigenvalue weighted by molar-refractivity contribution is 5.90. The number of hydrogen-bond donors (Lipinski definition) is 1. The summed E-state index contributed by atoms with van der Waals surface area (Å²) < 4.78 is 15.7. The molecule has 1 aromatic carbocycles. The van der Waals surface area contributed by atoms with Gasteiger partial charge in [-0.1, -0.05) is 0 Å². The molecule has 2 aliphatic rings. The summed E-state index contributed by atoms with van der Waals surface area (Å²) in [4.78, 5) is 11.9. The Balaban J connectivity index is 1.94. The molecule has 0 radical (unpaired) electrons. The van der Waals surface area contributed by atoms with Gasteiger partial charge in [-0.05, 0) is 43.0 Å². The maximum Gasteiger partial charge on any atom is 0.337 e. The first-order valence-electron chi connectivity index (χ1n) is 6.68. The number of aliphatic hydroxyl groups excluding tert-OH is 1. The average molecular weight is 276 g/mol. The Labute approximate surface area is 116 Å². The number of carbonyl (C=O) groups excluding carboxylic acids is 1. The summed E-state index contributed by atoms with van der Waals surface area (Å²) in [6.45, 7) is 2.26. The summed E-state index contributed by atoms with van der Waals surface area (Å²) in [6.07, 6.45) is 2.47. The number of esters is 1. The summed E-state index contributed by atoms with van der Waals surface area (Å²) in [7, 11) is 0. The molecule has 0 fully saturated rings. The van der Waals surface area contributed by atoms with Gasteiger partial charge in [0.25, 0.3) is 0 Å². The molecule has 1 aliphatic carbocycles. The minimum Gasteiger partial charge on any atom is -0.515 e. The van der Waals surface area contributed by atoms with Crippen LogP contribution in [0.4, 0.5) is 0 Å². The second kappa shape index (κ2) is 5.07. The van der Waals surface area contributed by atoms with Gasteiger partial charge in [0.05, 0.1) is 18.4 Å². The minimum absolute atomic E-state index is 0.149. The van der Waals surface area contributed by atoms with Crippen molar-refractivity contribution in [3.8, 4) is 11.5 Å². The molecule has 0 saturated heterocycles. The van der Waals surface area contributed by atoms with Crippen molar-refractivity contribution in [1.82, 2.24) is 0 Å². The van der Waals surface area contributed by atoms with Crippen LogP contribution in [0.15, 0.2) is 24.0 Å². The van der Waals surface area contributed by atoms with E-state index in [4.69, 9.17) is 14.2 Å². The highest BCUT2D eigenvalue weighted by Gasteiger charge is 2.32. The lowest BCUT2D eigenvalue weighted by Crippen LogP contribution is -2.13. The SMILES string of the molecule is CCOC(=O)/C(=C/O)C1CCc2cc3c(cc21)OCO3. The maximum absolute atomic E-state index is 11.9. The fourth-order valence-electron chi connectivity index (χ4n) is 2.82. The van der Waals surface area contributed by atoms with Gasteiger partial charge in [-0.3, -0.25) is 0 Å². The molecule has 1 unspecified atom stereocenters. The molecular weight excluding hydrogens is 260 g/mol. The molecule has 1 aliphatic heterocycles. The van der Waals surface area contributed by atoms with Gasteiger partial charge in [-0.25, -0.2) is 4.79 Å². The van der Waals surface area contributed by atoms with Crippen LogP contribution < -0.4 is 9.47 Å². The number of carbonyl (C=O) groups is 1. The molecule has 0 spiro atoms. The van der Waals surface area contributed by atoms with E-state index < -0.39 is 5.97 Å². The molecular formula is C15H16O5. The largest absolute Gasteiger partial charge is 0.515 e. The predicted octanol–water partition coefficient (Wildman–Crippen LogP) is 2.45. The Kier molecular flexibility index (Phi) is 3.26. The van der Waals surface area contributed by atoms with Crippen molar-refractivity contribution in [3.05, 3.63) is 35.1 Å². The van der Waals surface area contributed by atoms with Crippen LogP contribution in [0.5, 0.6) is 11.5 Å². The molecule has 0 aromatic heterocycles. The Bertz CT molecular complexity index is 576. The maximum atomic E-state index is 11.9. The van der Waals surface area contributed by atoms with E-state index in [1.54, 1.807) is 6.92 Å². The zero-order valence-electron chi connectivity index (χ0n) is 11.2. The number of aliphatic hydroxyl groups is 1. The first kappa shape index (κ1) is 12.8. The van der Waals surface area contributed by atoms with Crippen molar-refractivity contribution in [2.24, 2.45) is 0 Å². The highest BCUT2D eigenvalue weighted by atomic mass is 16.7. The Morgan fingerprint density at radius 3 is 2.90 bits per heavy atom. The molecule has 5 nitrogen and oxygen atoms in total. The number of rotatable bonds is 3. The molecule has 1 N–H and O–H groups in total. The molecule has 0 bridgehead atoms. The van der Waals surface area contributed by atoms with Gasteiger partial charge in [-0.15, -0.1) is 0 Å². The number of fused-ring (bicyclic) bond motifs is 2. The third-order valence-corrected chi connectivity index (χ3v) is 3.74. The molecule has 20 heavy (non-hydrogen) atoms. The Hall–Kier alpha value is -2.17. The first-order valence-corrected chi connectivity index (χ1v) is 6.68. The minimum atomic E-state index is -0.467. The first-order chi connectivity index (χ1) is 9.74. The van der Waals surface area contributed by atoms with Crippen LogP contribution in [0.3, 0.4) is 0 Å². The van der Waals surface area contributed by atoms with Crippen molar-refractivity contribution in [2.75, 3.05) is 13.4 Å². The summed E-state index contributed by atoms with van der Waals surface area (Å²) in [5.41, 5.74) is 2.43. The lowest BCUT2D eigenvalue weighted by molar-refractivity contribution is -0.139. The Morgan fingerprint density at radius 1 is 1.45 bits per heavy atom. The monoisotopic (exact) mass is 276 g/mol. The van der Waals surface area contributed by atoms with Crippen LogP contribution in [0.25, 0.3) is 0 Å². The second-order valence-corrected chi connectivity index (χ2v) is 4.80. The van der Waals surface area contributed by atoms with Gasteiger partial charge in [0.15, 0.2) is 11.5 Å². The smallest absolute Gasteiger partial charge is 0.337 e. The molecule has 106 valence electrons. The van der Waals surface area contributed by atoms with Crippen LogP contribution in [0.1, 0.15) is 30.4 Å². The van der Waals surface area contributed by atoms with Crippen molar-refractivity contribution >= 4 is 5.97 Å². The lowest BCUT2D eigenvalue weighted by Gasteiger charge is -2.14. The van der Waals surface area contributed by atoms with E-state index >= 15 is 0 Å². The lowest BCUT2D eigenvalue weighted by atomic mass is 9.93. The second-order valence-electron chi connectivity index (χ2n) is 4.80. The van der Waals surface area contributed by atoms with Crippen LogP contribution >= 0.6 is 0 Å². The summed E-state index contributed by atoms with van der Waals surface area (Å²) in [5, 5.41) is 9.38. The summed E-state index contributed by atoms with van der Waals surface area (Å²) in [6, 6.07) is 3.86. The molecule has 1 heterocycles. The van der Waals surface area contributed by atoms with Crippen LogP contribution in [-0.4, -0.2) is 24.5 Å². The fraction of sp³-hybridized carbons (Fsp3) is 0.400. The zero-order chi connectivity index (χ0) is 14.1.